The molecule has 0 radical (unpaired) electrons. The quantitative estimate of drug-likeness (QED) is 0.699. The minimum atomic E-state index is -0.427. The van der Waals surface area contributed by atoms with Crippen molar-refractivity contribution in [2.24, 2.45) is 28.6 Å². The molecule has 4 aliphatic carbocycles. The highest BCUT2D eigenvalue weighted by Gasteiger charge is 2.59. The summed E-state index contributed by atoms with van der Waals surface area (Å²) in [6, 6.07) is 0. The van der Waals surface area contributed by atoms with Gasteiger partial charge in [-0.3, -0.25) is 0 Å². The van der Waals surface area contributed by atoms with Gasteiger partial charge in [-0.2, -0.15) is 0 Å². The van der Waals surface area contributed by atoms with E-state index in [4.69, 9.17) is 11.6 Å². The maximum absolute atomic E-state index is 10.5. The third kappa shape index (κ3) is 1.87. The number of rotatable bonds is 0. The Bertz CT molecular complexity index is 516. The summed E-state index contributed by atoms with van der Waals surface area (Å²) < 4.78 is 0. The van der Waals surface area contributed by atoms with Crippen molar-refractivity contribution in [3.05, 3.63) is 10.6 Å². The lowest BCUT2D eigenvalue weighted by Gasteiger charge is -2.58. The summed E-state index contributed by atoms with van der Waals surface area (Å²) in [5.74, 6) is 2.12. The van der Waals surface area contributed by atoms with Gasteiger partial charge < -0.3 is 10.2 Å². The molecule has 0 unspecified atom stereocenters. The second-order valence-corrected chi connectivity index (χ2v) is 9.26. The van der Waals surface area contributed by atoms with E-state index in [0.717, 1.165) is 43.1 Å². The van der Waals surface area contributed by atoms with Crippen LogP contribution in [-0.4, -0.2) is 22.4 Å². The summed E-state index contributed by atoms with van der Waals surface area (Å²) in [4.78, 5) is 0. The first kappa shape index (κ1) is 15.5. The Morgan fingerprint density at radius 3 is 2.50 bits per heavy atom. The summed E-state index contributed by atoms with van der Waals surface area (Å²) in [5, 5.41) is 21.4. The van der Waals surface area contributed by atoms with Crippen LogP contribution in [0, 0.1) is 28.6 Å². The Hall–Kier alpha value is -0.0500. The molecule has 0 heterocycles. The molecule has 0 bridgehead atoms. The predicted molar refractivity (Wildman–Crippen MR) is 88.5 cm³/mol. The molecule has 0 aliphatic heterocycles. The van der Waals surface area contributed by atoms with E-state index in [2.05, 4.69) is 13.8 Å². The largest absolute Gasteiger partial charge is 0.393 e. The Morgan fingerprint density at radius 1 is 0.955 bits per heavy atom. The number of fused-ring (bicyclic) bond motifs is 5. The van der Waals surface area contributed by atoms with Gasteiger partial charge in [-0.1, -0.05) is 25.4 Å². The normalized spacial score (nSPS) is 54.7. The van der Waals surface area contributed by atoms with E-state index in [-0.39, 0.29) is 16.9 Å². The average Bonchev–Trinajstić information content (AvgIpc) is 2.79. The molecule has 0 aromatic rings. The van der Waals surface area contributed by atoms with Crippen molar-refractivity contribution in [3.63, 3.8) is 0 Å². The molecule has 124 valence electrons. The van der Waals surface area contributed by atoms with Crippen LogP contribution in [0.1, 0.15) is 65.2 Å². The highest BCUT2D eigenvalue weighted by molar-refractivity contribution is 6.30. The van der Waals surface area contributed by atoms with Crippen molar-refractivity contribution in [1.29, 1.82) is 0 Å². The topological polar surface area (TPSA) is 40.5 Å². The average molecular weight is 325 g/mol. The second kappa shape index (κ2) is 4.97. The number of halogens is 1. The van der Waals surface area contributed by atoms with Gasteiger partial charge in [0.2, 0.25) is 0 Å². The molecule has 7 atom stereocenters. The lowest BCUT2D eigenvalue weighted by atomic mass is 9.47. The molecule has 3 saturated carbocycles. The van der Waals surface area contributed by atoms with Crippen LogP contribution < -0.4 is 0 Å². The van der Waals surface area contributed by atoms with E-state index in [1.54, 1.807) is 0 Å². The van der Waals surface area contributed by atoms with Gasteiger partial charge in [-0.25, -0.2) is 0 Å². The van der Waals surface area contributed by atoms with Gasteiger partial charge in [0.05, 0.1) is 12.2 Å². The molecule has 2 nitrogen and oxygen atoms in total. The monoisotopic (exact) mass is 324 g/mol. The van der Waals surface area contributed by atoms with Crippen LogP contribution >= 0.6 is 11.6 Å². The van der Waals surface area contributed by atoms with E-state index in [9.17, 15) is 10.2 Å². The smallest absolute Gasteiger partial charge is 0.0895 e. The summed E-state index contributed by atoms with van der Waals surface area (Å²) in [6.45, 7) is 4.73. The zero-order valence-electron chi connectivity index (χ0n) is 13.8. The Morgan fingerprint density at radius 2 is 1.73 bits per heavy atom. The third-order valence-electron chi connectivity index (χ3n) is 8.14. The summed E-state index contributed by atoms with van der Waals surface area (Å²) in [5.41, 5.74) is 1.70. The SMILES string of the molecule is C[C@]12CC[C@H]3[C@@H](CCC4=C(Cl)[C@H](O)CC[C@@]43C)[C@@H]1CC[C@@H]2O. The number of aliphatic hydroxyl groups is 2. The molecule has 0 spiro atoms. The lowest BCUT2D eigenvalue weighted by molar-refractivity contribution is -0.0765. The van der Waals surface area contributed by atoms with Crippen LogP contribution in [0.15, 0.2) is 10.6 Å². The van der Waals surface area contributed by atoms with Crippen LogP contribution in [0.2, 0.25) is 0 Å². The number of aliphatic hydroxyl groups excluding tert-OH is 2. The first-order valence-electron chi connectivity index (χ1n) is 9.13. The van der Waals surface area contributed by atoms with Crippen LogP contribution in [-0.2, 0) is 0 Å². The van der Waals surface area contributed by atoms with Gasteiger partial charge in [0, 0.05) is 5.03 Å². The fourth-order valence-corrected chi connectivity index (χ4v) is 7.19. The molecule has 4 rings (SSSR count). The molecule has 4 aliphatic rings. The lowest BCUT2D eigenvalue weighted by Crippen LogP contribution is -2.51. The van der Waals surface area contributed by atoms with Crippen molar-refractivity contribution < 1.29 is 10.2 Å². The fraction of sp³-hybridized carbons (Fsp3) is 0.895. The minimum Gasteiger partial charge on any atom is -0.393 e. The molecular formula is C19H29ClO2. The van der Waals surface area contributed by atoms with Gasteiger partial charge in [-0.05, 0) is 85.5 Å². The van der Waals surface area contributed by atoms with Gasteiger partial charge in [0.15, 0.2) is 0 Å². The van der Waals surface area contributed by atoms with Gasteiger partial charge in [0.1, 0.15) is 0 Å². The molecular weight excluding hydrogens is 296 g/mol. The maximum Gasteiger partial charge on any atom is 0.0895 e. The van der Waals surface area contributed by atoms with Crippen molar-refractivity contribution in [1.82, 2.24) is 0 Å². The summed E-state index contributed by atoms with van der Waals surface area (Å²) in [7, 11) is 0. The van der Waals surface area contributed by atoms with Gasteiger partial charge in [-0.15, -0.1) is 0 Å². The van der Waals surface area contributed by atoms with Crippen LogP contribution in [0.3, 0.4) is 0 Å². The van der Waals surface area contributed by atoms with E-state index in [1.165, 1.54) is 24.8 Å². The molecule has 22 heavy (non-hydrogen) atoms. The zero-order chi connectivity index (χ0) is 15.7. The van der Waals surface area contributed by atoms with E-state index in [0.29, 0.717) is 11.8 Å². The predicted octanol–water partition coefficient (Wildman–Crippen LogP) is 4.24. The molecule has 3 fully saturated rings. The molecule has 3 heteroatoms. The number of hydrogen-bond donors (Lipinski definition) is 2. The fourth-order valence-electron chi connectivity index (χ4n) is 6.77. The number of allylic oxidation sites excluding steroid dienone is 1. The standard InChI is InChI=1S/C19H29ClO2/c1-18-10-8-15(21)17(20)14(18)4-3-11-12-5-6-16(22)19(12,2)9-7-13(11)18/h11-13,15-16,21-22H,3-10H2,1-2H3/t11-,12-,13-,15+,16-,18+,19-/m0/s1. The molecule has 0 amide bonds. The third-order valence-corrected chi connectivity index (χ3v) is 8.62. The Balaban J connectivity index is 1.70. The summed E-state index contributed by atoms with van der Waals surface area (Å²) in [6.07, 6.45) is 8.18. The summed E-state index contributed by atoms with van der Waals surface area (Å²) >= 11 is 6.51. The minimum absolute atomic E-state index is 0.0973. The van der Waals surface area contributed by atoms with Crippen LogP contribution in [0.4, 0.5) is 0 Å². The van der Waals surface area contributed by atoms with Crippen LogP contribution in [0.5, 0.6) is 0 Å². The highest BCUT2D eigenvalue weighted by Crippen LogP contribution is 2.66. The van der Waals surface area contributed by atoms with E-state index < -0.39 is 6.10 Å². The molecule has 0 aromatic heterocycles. The van der Waals surface area contributed by atoms with E-state index in [1.807, 2.05) is 0 Å². The molecule has 0 saturated heterocycles. The first-order valence-corrected chi connectivity index (χ1v) is 9.51. The molecule has 0 aromatic carbocycles. The Labute approximate surface area is 138 Å². The maximum atomic E-state index is 10.5. The highest BCUT2D eigenvalue weighted by atomic mass is 35.5. The Kier molecular flexibility index (Phi) is 3.50. The van der Waals surface area contributed by atoms with E-state index >= 15 is 0 Å². The number of hydrogen-bond acceptors (Lipinski definition) is 2. The molecule has 2 N–H and O–H groups in total. The van der Waals surface area contributed by atoms with Crippen molar-refractivity contribution in [2.75, 3.05) is 0 Å². The van der Waals surface area contributed by atoms with Crippen molar-refractivity contribution >= 4 is 11.6 Å². The zero-order valence-corrected chi connectivity index (χ0v) is 14.6. The van der Waals surface area contributed by atoms with Gasteiger partial charge in [0.25, 0.3) is 0 Å². The van der Waals surface area contributed by atoms with Gasteiger partial charge >= 0.3 is 0 Å². The van der Waals surface area contributed by atoms with Crippen molar-refractivity contribution in [3.8, 4) is 0 Å². The van der Waals surface area contributed by atoms with Crippen LogP contribution in [0.25, 0.3) is 0 Å². The first-order chi connectivity index (χ1) is 10.4. The second-order valence-electron chi connectivity index (χ2n) is 8.85. The van der Waals surface area contributed by atoms with Crippen molar-refractivity contribution in [2.45, 2.75) is 77.4 Å².